The predicted molar refractivity (Wildman–Crippen MR) is 69.7 cm³/mol. The summed E-state index contributed by atoms with van der Waals surface area (Å²) in [5, 5.41) is 0. The van der Waals surface area contributed by atoms with Gasteiger partial charge < -0.3 is 4.74 Å². The van der Waals surface area contributed by atoms with E-state index in [1.54, 1.807) is 0 Å². The lowest BCUT2D eigenvalue weighted by atomic mass is 9.72. The van der Waals surface area contributed by atoms with E-state index in [1.807, 2.05) is 0 Å². The molecule has 0 atom stereocenters. The highest BCUT2D eigenvalue weighted by Gasteiger charge is 2.42. The highest BCUT2D eigenvalue weighted by atomic mass is 32.2. The van der Waals surface area contributed by atoms with Crippen LogP contribution in [0, 0.1) is 5.82 Å². The van der Waals surface area contributed by atoms with Gasteiger partial charge in [0.2, 0.25) is 6.08 Å². The lowest BCUT2D eigenvalue weighted by Crippen LogP contribution is -2.33. The fraction of sp³-hybridized carbons (Fsp3) is 0.462. The highest BCUT2D eigenvalue weighted by Crippen LogP contribution is 2.47. The van der Waals surface area contributed by atoms with Crippen LogP contribution in [0.4, 0.5) is 4.39 Å². The maximum atomic E-state index is 14.6. The third-order valence-electron chi connectivity index (χ3n) is 3.59. The van der Waals surface area contributed by atoms with Gasteiger partial charge in [-0.2, -0.15) is 4.99 Å². The monoisotopic (exact) mass is 299 g/mol. The van der Waals surface area contributed by atoms with Gasteiger partial charge in [-0.15, -0.1) is 0 Å². The number of isocyanates is 1. The van der Waals surface area contributed by atoms with Gasteiger partial charge in [0.25, 0.3) is 0 Å². The van der Waals surface area contributed by atoms with Crippen LogP contribution in [0.1, 0.15) is 24.8 Å². The molecule has 5 nitrogen and oxygen atoms in total. The molecule has 0 bridgehead atoms. The molecular formula is C13H14FNO4S. The Morgan fingerprint density at radius 1 is 1.40 bits per heavy atom. The number of halogens is 1. The zero-order chi connectivity index (χ0) is 15.0. The van der Waals surface area contributed by atoms with Gasteiger partial charge in [0.15, 0.2) is 15.7 Å². The van der Waals surface area contributed by atoms with E-state index in [-0.39, 0.29) is 11.3 Å². The standard InChI is InChI=1S/C13H14FNO4S/c1-19-10-5-4-9(11(14)12(10)20(2,17)18)13(15-8-16)6-3-7-13/h4-5H,3,6-7H2,1-2H3. The molecule has 108 valence electrons. The van der Waals surface area contributed by atoms with E-state index in [0.717, 1.165) is 12.7 Å². The van der Waals surface area contributed by atoms with Gasteiger partial charge >= 0.3 is 0 Å². The molecule has 0 saturated heterocycles. The van der Waals surface area contributed by atoms with Crippen LogP contribution in [-0.2, 0) is 20.2 Å². The minimum absolute atomic E-state index is 0.0571. The maximum Gasteiger partial charge on any atom is 0.235 e. The third kappa shape index (κ3) is 2.23. The lowest BCUT2D eigenvalue weighted by Gasteiger charge is -2.37. The smallest absolute Gasteiger partial charge is 0.235 e. The van der Waals surface area contributed by atoms with Crippen molar-refractivity contribution in [3.05, 3.63) is 23.5 Å². The van der Waals surface area contributed by atoms with E-state index in [2.05, 4.69) is 4.99 Å². The molecular weight excluding hydrogens is 285 g/mol. The Bertz CT molecular complexity index is 689. The second kappa shape index (κ2) is 5.00. The number of carbonyl (C=O) groups excluding carboxylic acids is 1. The van der Waals surface area contributed by atoms with Crippen LogP contribution in [0.2, 0.25) is 0 Å². The highest BCUT2D eigenvalue weighted by molar-refractivity contribution is 7.90. The molecule has 1 saturated carbocycles. The number of rotatable bonds is 4. The average Bonchev–Trinajstić information content (AvgIpc) is 2.32. The van der Waals surface area contributed by atoms with Gasteiger partial charge in [-0.3, -0.25) is 0 Å². The number of hydrogen-bond acceptors (Lipinski definition) is 5. The van der Waals surface area contributed by atoms with Crippen LogP contribution in [0.3, 0.4) is 0 Å². The van der Waals surface area contributed by atoms with Gasteiger partial charge in [0, 0.05) is 11.8 Å². The molecule has 20 heavy (non-hydrogen) atoms. The number of ether oxygens (including phenoxy) is 1. The van der Waals surface area contributed by atoms with Crippen molar-refractivity contribution in [2.45, 2.75) is 29.7 Å². The Hall–Kier alpha value is -1.72. The first-order chi connectivity index (χ1) is 9.35. The predicted octanol–water partition coefficient (Wildman–Crippen LogP) is 1.95. The Kier molecular flexibility index (Phi) is 3.67. The molecule has 0 radical (unpaired) electrons. The van der Waals surface area contributed by atoms with E-state index in [0.29, 0.717) is 12.8 Å². The quantitative estimate of drug-likeness (QED) is 0.629. The Labute approximate surface area is 116 Å². The number of nitrogens with zero attached hydrogens (tertiary/aromatic N) is 1. The summed E-state index contributed by atoms with van der Waals surface area (Å²) in [6, 6.07) is 2.80. The summed E-state index contributed by atoms with van der Waals surface area (Å²) in [4.78, 5) is 13.7. The summed E-state index contributed by atoms with van der Waals surface area (Å²) in [5.74, 6) is -0.955. The maximum absolute atomic E-state index is 14.6. The van der Waals surface area contributed by atoms with Crippen LogP contribution < -0.4 is 4.74 Å². The zero-order valence-corrected chi connectivity index (χ0v) is 12.0. The third-order valence-corrected chi connectivity index (χ3v) is 4.72. The van der Waals surface area contributed by atoms with Crippen molar-refractivity contribution in [2.24, 2.45) is 4.99 Å². The molecule has 1 aromatic carbocycles. The van der Waals surface area contributed by atoms with Crippen LogP contribution >= 0.6 is 0 Å². The van der Waals surface area contributed by atoms with Crippen molar-refractivity contribution in [1.82, 2.24) is 0 Å². The van der Waals surface area contributed by atoms with Crippen molar-refractivity contribution in [3.63, 3.8) is 0 Å². The van der Waals surface area contributed by atoms with Gasteiger partial charge in [-0.05, 0) is 31.4 Å². The molecule has 7 heteroatoms. The Balaban J connectivity index is 2.72. The van der Waals surface area contributed by atoms with Crippen LogP contribution in [0.5, 0.6) is 5.75 Å². The summed E-state index contributed by atoms with van der Waals surface area (Å²) < 4.78 is 43.0. The molecule has 1 aliphatic carbocycles. The first-order valence-corrected chi connectivity index (χ1v) is 7.91. The fourth-order valence-electron chi connectivity index (χ4n) is 2.44. The molecule has 0 amide bonds. The van der Waals surface area contributed by atoms with Gasteiger partial charge in [0.1, 0.15) is 16.2 Å². The zero-order valence-electron chi connectivity index (χ0n) is 11.1. The van der Waals surface area contributed by atoms with Crippen molar-refractivity contribution >= 4 is 15.9 Å². The molecule has 1 aliphatic rings. The fourth-order valence-corrected chi connectivity index (χ4v) is 3.40. The van der Waals surface area contributed by atoms with Crippen LogP contribution in [-0.4, -0.2) is 27.9 Å². The molecule has 0 heterocycles. The van der Waals surface area contributed by atoms with Crippen molar-refractivity contribution in [3.8, 4) is 5.75 Å². The lowest BCUT2D eigenvalue weighted by molar-refractivity contribution is 0.245. The van der Waals surface area contributed by atoms with E-state index < -0.39 is 26.1 Å². The number of hydrogen-bond donors (Lipinski definition) is 0. The van der Waals surface area contributed by atoms with Crippen LogP contribution in [0.15, 0.2) is 22.0 Å². The largest absolute Gasteiger partial charge is 0.495 e. The summed E-state index contributed by atoms with van der Waals surface area (Å²) in [7, 11) is -2.53. The molecule has 0 aromatic heterocycles. The molecule has 0 N–H and O–H groups in total. The minimum atomic E-state index is -3.80. The van der Waals surface area contributed by atoms with Crippen LogP contribution in [0.25, 0.3) is 0 Å². The summed E-state index contributed by atoms with van der Waals surface area (Å²) in [6.07, 6.45) is 4.15. The van der Waals surface area contributed by atoms with Crippen molar-refractivity contribution < 1.29 is 22.3 Å². The Morgan fingerprint density at radius 2 is 2.05 bits per heavy atom. The van der Waals surface area contributed by atoms with E-state index in [1.165, 1.54) is 25.3 Å². The first kappa shape index (κ1) is 14.7. The second-order valence-electron chi connectivity index (χ2n) is 4.82. The summed E-state index contributed by atoms with van der Waals surface area (Å²) in [5.41, 5.74) is -0.884. The van der Waals surface area contributed by atoms with Gasteiger partial charge in [-0.25, -0.2) is 17.6 Å². The molecule has 0 unspecified atom stereocenters. The van der Waals surface area contributed by atoms with Crippen molar-refractivity contribution in [1.29, 1.82) is 0 Å². The Morgan fingerprint density at radius 3 is 2.45 bits per heavy atom. The topological polar surface area (TPSA) is 72.8 Å². The normalized spacial score (nSPS) is 16.9. The molecule has 0 aliphatic heterocycles. The minimum Gasteiger partial charge on any atom is -0.495 e. The summed E-state index contributed by atoms with van der Waals surface area (Å²) in [6.45, 7) is 0. The van der Waals surface area contributed by atoms with E-state index >= 15 is 0 Å². The van der Waals surface area contributed by atoms with E-state index in [9.17, 15) is 17.6 Å². The van der Waals surface area contributed by atoms with Gasteiger partial charge in [-0.1, -0.05) is 0 Å². The average molecular weight is 299 g/mol. The number of sulfone groups is 1. The van der Waals surface area contributed by atoms with E-state index in [4.69, 9.17) is 4.74 Å². The molecule has 2 rings (SSSR count). The molecule has 0 spiro atoms. The second-order valence-corrected chi connectivity index (χ2v) is 6.77. The number of benzene rings is 1. The number of aliphatic imine (C=N–C) groups is 1. The molecule has 1 fully saturated rings. The number of methoxy groups -OCH3 is 1. The first-order valence-electron chi connectivity index (χ1n) is 6.02. The summed E-state index contributed by atoms with van der Waals surface area (Å²) >= 11 is 0. The van der Waals surface area contributed by atoms with Crippen molar-refractivity contribution in [2.75, 3.05) is 13.4 Å². The SMILES string of the molecule is COc1ccc(C2(N=C=O)CCC2)c(F)c1S(C)(=O)=O. The molecule has 1 aromatic rings. The van der Waals surface area contributed by atoms with Gasteiger partial charge in [0.05, 0.1) is 7.11 Å².